The van der Waals surface area contributed by atoms with Crippen LogP contribution in [-0.2, 0) is 14.3 Å². The molecule has 0 radical (unpaired) electrons. The fourth-order valence-corrected chi connectivity index (χ4v) is 1.21. The highest BCUT2D eigenvalue weighted by Crippen LogP contribution is 2.13. The number of Topliss-reactive ketones (excluding diaryl/α,β-unsaturated/α-hetero) is 1. The first-order valence-corrected chi connectivity index (χ1v) is 4.47. The summed E-state index contributed by atoms with van der Waals surface area (Å²) in [4.78, 5) is 24.1. The van der Waals surface area contributed by atoms with E-state index in [1.165, 1.54) is 6.08 Å². The van der Waals surface area contributed by atoms with Gasteiger partial charge in [-0.3, -0.25) is 9.59 Å². The van der Waals surface area contributed by atoms with Gasteiger partial charge in [0.05, 0.1) is 12.3 Å². The summed E-state index contributed by atoms with van der Waals surface area (Å²) >= 11 is 0. The van der Waals surface area contributed by atoms with Crippen molar-refractivity contribution in [3.63, 3.8) is 0 Å². The van der Waals surface area contributed by atoms with Crippen molar-refractivity contribution in [2.75, 3.05) is 27.3 Å². The highest BCUT2D eigenvalue weighted by Gasteiger charge is 2.23. The molecule has 0 atom stereocenters. The minimum atomic E-state index is -0.534. The van der Waals surface area contributed by atoms with Gasteiger partial charge < -0.3 is 14.7 Å². The van der Waals surface area contributed by atoms with Crippen LogP contribution in [0.5, 0.6) is 0 Å². The first-order chi connectivity index (χ1) is 7.06. The van der Waals surface area contributed by atoms with E-state index in [9.17, 15) is 14.7 Å². The molecule has 0 bridgehead atoms. The minimum Gasteiger partial charge on any atom is -0.504 e. The Morgan fingerprint density at radius 3 is 2.67 bits per heavy atom. The van der Waals surface area contributed by atoms with Crippen LogP contribution in [0.1, 0.15) is 0 Å². The van der Waals surface area contributed by atoms with Crippen LogP contribution in [-0.4, -0.2) is 48.9 Å². The molecule has 0 saturated carbocycles. The molecule has 1 rings (SSSR count). The lowest BCUT2D eigenvalue weighted by Crippen LogP contribution is -2.30. The summed E-state index contributed by atoms with van der Waals surface area (Å²) < 4.78 is 4.85. The Hall–Kier alpha value is -1.62. The van der Waals surface area contributed by atoms with Gasteiger partial charge in [-0.05, 0) is 0 Å². The Morgan fingerprint density at radius 1 is 1.40 bits per heavy atom. The molecular weight excluding hydrogens is 198 g/mol. The summed E-state index contributed by atoms with van der Waals surface area (Å²) in [6.07, 6.45) is 2.12. The number of aliphatic hydroxyl groups is 1. The lowest BCUT2D eigenvalue weighted by Gasteiger charge is -2.22. The third kappa shape index (κ3) is 2.66. The minimum absolute atomic E-state index is 0.192. The van der Waals surface area contributed by atoms with E-state index in [1.54, 1.807) is 19.1 Å². The Balaban J connectivity index is 2.77. The lowest BCUT2D eigenvalue weighted by atomic mass is 10.1. The van der Waals surface area contributed by atoms with Gasteiger partial charge in [-0.2, -0.15) is 0 Å². The Morgan fingerprint density at radius 2 is 2.07 bits per heavy atom. The van der Waals surface area contributed by atoms with Gasteiger partial charge in [-0.15, -0.1) is 0 Å². The largest absolute Gasteiger partial charge is 0.504 e. The second kappa shape index (κ2) is 4.75. The van der Waals surface area contributed by atoms with E-state index in [0.29, 0.717) is 13.2 Å². The molecule has 5 nitrogen and oxygen atoms in total. The van der Waals surface area contributed by atoms with Crippen molar-refractivity contribution in [1.82, 2.24) is 4.90 Å². The molecule has 15 heavy (non-hydrogen) atoms. The van der Waals surface area contributed by atoms with Crippen LogP contribution in [0.15, 0.2) is 23.6 Å². The van der Waals surface area contributed by atoms with Crippen LogP contribution in [0.2, 0.25) is 0 Å². The molecule has 0 aliphatic heterocycles. The summed E-state index contributed by atoms with van der Waals surface area (Å²) in [5.74, 6) is -1.43. The van der Waals surface area contributed by atoms with E-state index in [-0.39, 0.29) is 11.5 Å². The molecule has 82 valence electrons. The number of carbonyl (C=O) groups is 2. The van der Waals surface area contributed by atoms with Gasteiger partial charge in [0.25, 0.3) is 0 Å². The first kappa shape index (κ1) is 11.5. The average Bonchev–Trinajstić information content (AvgIpc) is 2.19. The maximum absolute atomic E-state index is 11.5. The SMILES string of the molecule is COCCN(C)C1=CC(=O)C=C(O)C1=O. The van der Waals surface area contributed by atoms with E-state index in [2.05, 4.69) is 0 Å². The van der Waals surface area contributed by atoms with E-state index in [4.69, 9.17) is 4.74 Å². The zero-order chi connectivity index (χ0) is 11.4. The number of ketones is 2. The molecule has 1 aliphatic rings. The number of allylic oxidation sites excluding steroid dienone is 2. The quantitative estimate of drug-likeness (QED) is 0.665. The van der Waals surface area contributed by atoms with Crippen LogP contribution in [0.3, 0.4) is 0 Å². The summed E-state index contributed by atoms with van der Waals surface area (Å²) in [6, 6.07) is 0. The number of rotatable bonds is 4. The van der Waals surface area contributed by atoms with Crippen LogP contribution < -0.4 is 0 Å². The molecule has 1 aliphatic carbocycles. The molecule has 0 aromatic carbocycles. The van der Waals surface area contributed by atoms with E-state index < -0.39 is 11.5 Å². The summed E-state index contributed by atoms with van der Waals surface area (Å²) in [5.41, 5.74) is 0.192. The molecule has 0 aromatic rings. The molecule has 1 N–H and O–H groups in total. The van der Waals surface area contributed by atoms with Gasteiger partial charge in [0.1, 0.15) is 0 Å². The monoisotopic (exact) mass is 211 g/mol. The zero-order valence-electron chi connectivity index (χ0n) is 8.69. The molecule has 0 unspecified atom stereocenters. The van der Waals surface area contributed by atoms with Crippen molar-refractivity contribution in [2.24, 2.45) is 0 Å². The van der Waals surface area contributed by atoms with Crippen molar-refractivity contribution < 1.29 is 19.4 Å². The van der Waals surface area contributed by atoms with Crippen molar-refractivity contribution in [1.29, 1.82) is 0 Å². The fourth-order valence-electron chi connectivity index (χ4n) is 1.21. The first-order valence-electron chi connectivity index (χ1n) is 4.47. The number of methoxy groups -OCH3 is 1. The Bertz CT molecular complexity index is 343. The van der Waals surface area contributed by atoms with Crippen molar-refractivity contribution >= 4 is 11.6 Å². The van der Waals surface area contributed by atoms with Gasteiger partial charge >= 0.3 is 0 Å². The number of carbonyl (C=O) groups excluding carboxylic acids is 2. The van der Waals surface area contributed by atoms with Crippen LogP contribution in [0, 0.1) is 0 Å². The number of ether oxygens (including phenoxy) is 1. The van der Waals surface area contributed by atoms with Gasteiger partial charge in [0, 0.05) is 32.9 Å². The number of nitrogens with zero attached hydrogens (tertiary/aromatic N) is 1. The molecule has 0 spiro atoms. The van der Waals surface area contributed by atoms with Crippen LogP contribution >= 0.6 is 0 Å². The maximum Gasteiger partial charge on any atom is 0.243 e. The molecule has 0 fully saturated rings. The fraction of sp³-hybridized carbons (Fsp3) is 0.400. The van der Waals surface area contributed by atoms with E-state index in [1.807, 2.05) is 0 Å². The predicted molar refractivity (Wildman–Crippen MR) is 53.3 cm³/mol. The van der Waals surface area contributed by atoms with Gasteiger partial charge in [-0.1, -0.05) is 0 Å². The summed E-state index contributed by atoms with van der Waals surface area (Å²) in [7, 11) is 3.21. The smallest absolute Gasteiger partial charge is 0.243 e. The molecule has 0 amide bonds. The van der Waals surface area contributed by atoms with E-state index in [0.717, 1.165) is 6.08 Å². The van der Waals surface area contributed by atoms with Gasteiger partial charge in [-0.25, -0.2) is 0 Å². The molecular formula is C10H13NO4. The average molecular weight is 211 g/mol. The Labute approximate surface area is 87.6 Å². The number of hydrogen-bond donors (Lipinski definition) is 1. The van der Waals surface area contributed by atoms with E-state index >= 15 is 0 Å². The lowest BCUT2D eigenvalue weighted by molar-refractivity contribution is -0.118. The van der Waals surface area contributed by atoms with Gasteiger partial charge in [0.15, 0.2) is 11.5 Å². The third-order valence-corrected chi connectivity index (χ3v) is 2.07. The highest BCUT2D eigenvalue weighted by molar-refractivity contribution is 6.18. The standard InChI is InChI=1S/C10H13NO4/c1-11(3-4-15-2)8-5-7(12)6-9(13)10(8)14/h5-6,13H,3-4H2,1-2H3. The number of likely N-dealkylation sites (N-methyl/N-ethyl adjacent to an activating group) is 1. The van der Waals surface area contributed by atoms with Crippen molar-refractivity contribution in [3.05, 3.63) is 23.6 Å². The van der Waals surface area contributed by atoms with Crippen LogP contribution in [0.25, 0.3) is 0 Å². The second-order valence-corrected chi connectivity index (χ2v) is 3.21. The maximum atomic E-state index is 11.5. The molecule has 0 saturated heterocycles. The second-order valence-electron chi connectivity index (χ2n) is 3.21. The normalized spacial score (nSPS) is 16.1. The Kier molecular flexibility index (Phi) is 3.62. The number of aliphatic hydroxyl groups excluding tert-OH is 1. The predicted octanol–water partition coefficient (Wildman–Crippen LogP) is 0.0422. The summed E-state index contributed by atoms with van der Waals surface area (Å²) in [6.45, 7) is 0.925. The molecule has 0 heterocycles. The van der Waals surface area contributed by atoms with Gasteiger partial charge in [0.2, 0.25) is 5.78 Å². The number of hydrogen-bond acceptors (Lipinski definition) is 5. The topological polar surface area (TPSA) is 66.8 Å². The highest BCUT2D eigenvalue weighted by atomic mass is 16.5. The van der Waals surface area contributed by atoms with Crippen molar-refractivity contribution in [2.45, 2.75) is 0 Å². The van der Waals surface area contributed by atoms with Crippen molar-refractivity contribution in [3.8, 4) is 0 Å². The third-order valence-electron chi connectivity index (χ3n) is 2.07. The molecule has 0 aromatic heterocycles. The van der Waals surface area contributed by atoms with Crippen LogP contribution in [0.4, 0.5) is 0 Å². The summed E-state index contributed by atoms with van der Waals surface area (Å²) in [5, 5.41) is 9.18. The zero-order valence-corrected chi connectivity index (χ0v) is 8.69. The molecule has 5 heteroatoms.